The maximum Gasteiger partial charge on any atom is 0.327 e. The fourth-order valence-electron chi connectivity index (χ4n) is 1.51. The molecule has 0 aromatic rings. The first-order valence-electron chi connectivity index (χ1n) is 4.21. The van der Waals surface area contributed by atoms with Crippen molar-refractivity contribution in [2.24, 2.45) is 0 Å². The highest BCUT2D eigenvalue weighted by atomic mass is 16.4. The van der Waals surface area contributed by atoms with Gasteiger partial charge in [-0.2, -0.15) is 0 Å². The summed E-state index contributed by atoms with van der Waals surface area (Å²) in [7, 11) is 1.85. The summed E-state index contributed by atoms with van der Waals surface area (Å²) in [5.74, 6) is -1.10. The van der Waals surface area contributed by atoms with Gasteiger partial charge in [0.1, 0.15) is 6.04 Å². The Morgan fingerprint density at radius 3 is 2.46 bits per heavy atom. The van der Waals surface area contributed by atoms with E-state index in [9.17, 15) is 9.59 Å². The Kier molecular flexibility index (Phi) is 2.87. The first kappa shape index (κ1) is 9.98. The monoisotopic (exact) mass is 186 g/mol. The van der Waals surface area contributed by atoms with E-state index in [1.165, 1.54) is 11.8 Å². The number of carboxylic acids is 1. The molecule has 13 heavy (non-hydrogen) atoms. The van der Waals surface area contributed by atoms with Crippen molar-refractivity contribution in [3.05, 3.63) is 0 Å². The molecule has 0 radical (unpaired) electrons. The van der Waals surface area contributed by atoms with Crippen molar-refractivity contribution in [1.82, 2.24) is 9.80 Å². The third kappa shape index (κ3) is 2.18. The predicted octanol–water partition coefficient (Wildman–Crippen LogP) is -0.766. The minimum absolute atomic E-state index is 0.166. The molecule has 0 aliphatic carbocycles. The number of likely N-dealkylation sites (N-methyl/N-ethyl adjacent to an activating group) is 1. The normalized spacial score (nSPS) is 24.5. The zero-order valence-electron chi connectivity index (χ0n) is 7.86. The number of carboxylic acid groups (broad SMARTS) is 1. The molecular weight excluding hydrogens is 172 g/mol. The summed E-state index contributed by atoms with van der Waals surface area (Å²) >= 11 is 0. The van der Waals surface area contributed by atoms with Crippen LogP contribution in [0.3, 0.4) is 0 Å². The van der Waals surface area contributed by atoms with Crippen LogP contribution >= 0.6 is 0 Å². The van der Waals surface area contributed by atoms with Gasteiger partial charge in [0.05, 0.1) is 0 Å². The molecule has 0 bridgehead atoms. The number of hydrogen-bond donors (Lipinski definition) is 1. The fraction of sp³-hybridized carbons (Fsp3) is 0.750. The Morgan fingerprint density at radius 2 is 2.00 bits per heavy atom. The predicted molar refractivity (Wildman–Crippen MR) is 46.3 cm³/mol. The van der Waals surface area contributed by atoms with Crippen LogP contribution in [0.1, 0.15) is 6.92 Å². The zero-order valence-corrected chi connectivity index (χ0v) is 7.86. The molecule has 1 amide bonds. The van der Waals surface area contributed by atoms with E-state index in [0.29, 0.717) is 13.1 Å². The highest BCUT2D eigenvalue weighted by molar-refractivity contribution is 5.82. The fourth-order valence-corrected chi connectivity index (χ4v) is 1.51. The number of carbonyl (C=O) groups is 2. The lowest BCUT2D eigenvalue weighted by Crippen LogP contribution is -2.56. The molecule has 1 aliphatic rings. The van der Waals surface area contributed by atoms with Crippen LogP contribution in [0.5, 0.6) is 0 Å². The number of rotatable bonds is 1. The van der Waals surface area contributed by atoms with Gasteiger partial charge in [0.15, 0.2) is 0 Å². The minimum atomic E-state index is -0.929. The average Bonchev–Trinajstić information content (AvgIpc) is 2.03. The third-order valence-corrected chi connectivity index (χ3v) is 2.27. The van der Waals surface area contributed by atoms with Gasteiger partial charge in [-0.25, -0.2) is 4.79 Å². The van der Waals surface area contributed by atoms with Gasteiger partial charge in [-0.05, 0) is 7.05 Å². The van der Waals surface area contributed by atoms with Gasteiger partial charge in [-0.15, -0.1) is 0 Å². The summed E-state index contributed by atoms with van der Waals surface area (Å²) in [6.45, 7) is 3.06. The molecule has 0 saturated carbocycles. The SMILES string of the molecule is CC(=O)N1CCN(C)CC1C(=O)O. The molecule has 1 N–H and O–H groups in total. The lowest BCUT2D eigenvalue weighted by molar-refractivity contribution is -0.152. The summed E-state index contributed by atoms with van der Waals surface area (Å²) in [6, 6.07) is -0.684. The van der Waals surface area contributed by atoms with Crippen molar-refractivity contribution >= 4 is 11.9 Å². The number of carbonyl (C=O) groups excluding carboxylic acids is 1. The van der Waals surface area contributed by atoms with Crippen molar-refractivity contribution in [1.29, 1.82) is 0 Å². The van der Waals surface area contributed by atoms with Crippen molar-refractivity contribution in [2.75, 3.05) is 26.7 Å². The second kappa shape index (κ2) is 3.74. The minimum Gasteiger partial charge on any atom is -0.480 e. The standard InChI is InChI=1S/C8H14N2O3/c1-6(11)10-4-3-9(2)5-7(10)8(12)13/h7H,3-5H2,1-2H3,(H,12,13). The molecule has 1 unspecified atom stereocenters. The second-order valence-electron chi connectivity index (χ2n) is 3.33. The Bertz CT molecular complexity index is 229. The van der Waals surface area contributed by atoms with Crippen LogP contribution in [0.15, 0.2) is 0 Å². The first-order chi connectivity index (χ1) is 6.02. The van der Waals surface area contributed by atoms with Crippen molar-refractivity contribution in [2.45, 2.75) is 13.0 Å². The highest BCUT2D eigenvalue weighted by Crippen LogP contribution is 2.08. The molecule has 74 valence electrons. The van der Waals surface area contributed by atoms with Crippen LogP contribution in [0.2, 0.25) is 0 Å². The molecule has 1 aliphatic heterocycles. The van der Waals surface area contributed by atoms with Crippen LogP contribution in [0.25, 0.3) is 0 Å². The molecule has 1 rings (SSSR count). The van der Waals surface area contributed by atoms with Crippen LogP contribution in [-0.2, 0) is 9.59 Å². The smallest absolute Gasteiger partial charge is 0.327 e. The van der Waals surface area contributed by atoms with Gasteiger partial charge in [0.2, 0.25) is 5.91 Å². The molecule has 1 atom stereocenters. The van der Waals surface area contributed by atoms with E-state index in [4.69, 9.17) is 5.11 Å². The molecule has 1 heterocycles. The van der Waals surface area contributed by atoms with Crippen LogP contribution < -0.4 is 0 Å². The van der Waals surface area contributed by atoms with Gasteiger partial charge in [0.25, 0.3) is 0 Å². The number of piperazine rings is 1. The molecule has 1 fully saturated rings. The van der Waals surface area contributed by atoms with Crippen molar-refractivity contribution in [3.63, 3.8) is 0 Å². The van der Waals surface area contributed by atoms with Crippen LogP contribution in [-0.4, -0.2) is 59.5 Å². The summed E-state index contributed by atoms with van der Waals surface area (Å²) in [6.07, 6.45) is 0. The largest absolute Gasteiger partial charge is 0.480 e. The Hall–Kier alpha value is -1.10. The second-order valence-corrected chi connectivity index (χ2v) is 3.33. The molecule has 0 aromatic carbocycles. The maximum absolute atomic E-state index is 11.1. The van der Waals surface area contributed by atoms with Gasteiger partial charge in [0, 0.05) is 26.6 Å². The summed E-state index contributed by atoms with van der Waals surface area (Å²) in [5.41, 5.74) is 0. The molecule has 0 spiro atoms. The third-order valence-electron chi connectivity index (χ3n) is 2.27. The molecular formula is C8H14N2O3. The Morgan fingerprint density at radius 1 is 1.38 bits per heavy atom. The zero-order chi connectivity index (χ0) is 10.0. The highest BCUT2D eigenvalue weighted by Gasteiger charge is 2.32. The average molecular weight is 186 g/mol. The molecule has 1 saturated heterocycles. The number of aliphatic carboxylic acids is 1. The van der Waals surface area contributed by atoms with E-state index in [1.54, 1.807) is 0 Å². The van der Waals surface area contributed by atoms with Crippen LogP contribution in [0.4, 0.5) is 0 Å². The molecule has 5 nitrogen and oxygen atoms in total. The topological polar surface area (TPSA) is 60.9 Å². The van der Waals surface area contributed by atoms with Gasteiger partial charge >= 0.3 is 5.97 Å². The Balaban J connectivity index is 2.72. The van der Waals surface area contributed by atoms with Gasteiger partial charge in [-0.3, -0.25) is 4.79 Å². The lowest BCUT2D eigenvalue weighted by atomic mass is 10.2. The summed E-state index contributed by atoms with van der Waals surface area (Å²) < 4.78 is 0. The van der Waals surface area contributed by atoms with E-state index < -0.39 is 12.0 Å². The summed E-state index contributed by atoms with van der Waals surface area (Å²) in [5, 5.41) is 8.85. The van der Waals surface area contributed by atoms with E-state index in [0.717, 1.165) is 6.54 Å². The van der Waals surface area contributed by atoms with Crippen molar-refractivity contribution < 1.29 is 14.7 Å². The van der Waals surface area contributed by atoms with Crippen molar-refractivity contribution in [3.8, 4) is 0 Å². The van der Waals surface area contributed by atoms with Crippen LogP contribution in [0, 0.1) is 0 Å². The summed E-state index contributed by atoms with van der Waals surface area (Å²) in [4.78, 5) is 25.2. The lowest BCUT2D eigenvalue weighted by Gasteiger charge is -2.36. The number of hydrogen-bond acceptors (Lipinski definition) is 3. The van der Waals surface area contributed by atoms with Gasteiger partial charge in [-0.1, -0.05) is 0 Å². The van der Waals surface area contributed by atoms with E-state index in [1.807, 2.05) is 11.9 Å². The quantitative estimate of drug-likeness (QED) is 0.584. The number of nitrogens with zero attached hydrogens (tertiary/aromatic N) is 2. The van der Waals surface area contributed by atoms with E-state index in [2.05, 4.69) is 0 Å². The van der Waals surface area contributed by atoms with E-state index >= 15 is 0 Å². The number of amides is 1. The first-order valence-corrected chi connectivity index (χ1v) is 4.21. The Labute approximate surface area is 76.9 Å². The van der Waals surface area contributed by atoms with E-state index in [-0.39, 0.29) is 5.91 Å². The van der Waals surface area contributed by atoms with Gasteiger partial charge < -0.3 is 14.9 Å². The maximum atomic E-state index is 11.1. The molecule has 5 heteroatoms. The molecule has 0 aromatic heterocycles.